The average Bonchev–Trinajstić information content (AvgIpc) is 0.745. The zero-order valence-corrected chi connectivity index (χ0v) is 59.6. The molecule has 0 radical (unpaired) electrons. The Bertz CT molecular complexity index is 4400. The molecule has 26 heteroatoms. The molecule has 4 aliphatic heterocycles. The van der Waals surface area contributed by atoms with E-state index in [4.69, 9.17) is 31.4 Å². The van der Waals surface area contributed by atoms with Crippen LogP contribution in [-0.4, -0.2) is 159 Å². The summed E-state index contributed by atoms with van der Waals surface area (Å²) in [6.07, 6.45) is 0.525. The van der Waals surface area contributed by atoms with Crippen molar-refractivity contribution in [3.05, 3.63) is 156 Å². The normalized spacial score (nSPS) is 14.5. The number of benzene rings is 6. The molecule has 6 aliphatic rings. The number of alkyl halides is 3. The van der Waals surface area contributed by atoms with Crippen LogP contribution < -0.4 is 29.7 Å². The highest BCUT2D eigenvalue weighted by atomic mass is 32.2. The number of fused-ring (bicyclic) bond motifs is 4. The van der Waals surface area contributed by atoms with Gasteiger partial charge in [0.1, 0.15) is 55.0 Å². The number of piperidine rings is 1. The zero-order valence-electron chi connectivity index (χ0n) is 57.1. The molecule has 526 valence electrons. The first kappa shape index (κ1) is 75.5. The lowest BCUT2D eigenvalue weighted by atomic mass is 9.93. The van der Waals surface area contributed by atoms with Crippen LogP contribution >= 0.6 is 0 Å². The number of sulfonamides is 2. The Morgan fingerprint density at radius 2 is 0.918 bits per heavy atom. The van der Waals surface area contributed by atoms with Gasteiger partial charge in [-0.05, 0) is 131 Å². The van der Waals surface area contributed by atoms with Crippen molar-refractivity contribution in [3.63, 3.8) is 0 Å². The van der Waals surface area contributed by atoms with Gasteiger partial charge in [-0.3, -0.25) is 0 Å². The maximum absolute atomic E-state index is 14.3. The number of hydroxylamine groups is 2. The van der Waals surface area contributed by atoms with E-state index < -0.39 is 47.6 Å². The van der Waals surface area contributed by atoms with Crippen LogP contribution in [0.3, 0.4) is 0 Å². The van der Waals surface area contributed by atoms with Crippen molar-refractivity contribution in [1.82, 2.24) is 22.8 Å². The molecule has 0 saturated carbocycles. The van der Waals surface area contributed by atoms with Crippen LogP contribution in [0, 0.1) is 0 Å². The Morgan fingerprint density at radius 3 is 1.28 bits per heavy atom. The molecule has 4 aromatic carbocycles. The number of esters is 1. The first-order valence-corrected chi connectivity index (χ1v) is 37.2. The van der Waals surface area contributed by atoms with Gasteiger partial charge < -0.3 is 32.8 Å². The average molecular weight is 1410 g/mol. The zero-order chi connectivity index (χ0) is 71.6. The number of hydrogen-bond acceptors (Lipinski definition) is 16. The van der Waals surface area contributed by atoms with Gasteiger partial charge in [0.05, 0.1) is 21.9 Å². The molecule has 2 saturated heterocycles. The summed E-state index contributed by atoms with van der Waals surface area (Å²) in [6, 6.07) is 39.1. The van der Waals surface area contributed by atoms with Crippen LogP contribution in [0.5, 0.6) is 0 Å². The highest BCUT2D eigenvalue weighted by Crippen LogP contribution is 2.46. The maximum Gasteiger partial charge on any atom is 0.485 e. The molecule has 0 bridgehead atoms. The molecule has 4 aromatic rings. The lowest BCUT2D eigenvalue weighted by Gasteiger charge is -2.33. The van der Waals surface area contributed by atoms with Crippen LogP contribution in [0.2, 0.25) is 0 Å². The Balaban J connectivity index is 0.000000225. The van der Waals surface area contributed by atoms with Gasteiger partial charge in [-0.15, -0.1) is 5.06 Å². The molecular weight excluding hydrogens is 1320 g/mol. The largest absolute Gasteiger partial charge is 0.741 e. The highest BCUT2D eigenvalue weighted by molar-refractivity contribution is 7.89. The molecule has 4 heterocycles. The lowest BCUT2D eigenvalue weighted by Crippen LogP contribution is -2.49. The molecule has 0 atom stereocenters. The molecule has 0 aromatic heterocycles. The van der Waals surface area contributed by atoms with E-state index in [-0.39, 0.29) is 55.2 Å². The summed E-state index contributed by atoms with van der Waals surface area (Å²) in [5.41, 5.74) is 3.06. The van der Waals surface area contributed by atoms with E-state index in [0.717, 1.165) is 107 Å². The Labute approximate surface area is 572 Å². The third-order valence-electron chi connectivity index (χ3n) is 17.5. The van der Waals surface area contributed by atoms with E-state index in [1.165, 1.54) is 13.7 Å². The van der Waals surface area contributed by atoms with E-state index in [1.54, 1.807) is 38.1 Å². The molecular formula is C72H87F3N7O13S3+. The summed E-state index contributed by atoms with van der Waals surface area (Å²) in [6.45, 7) is 35.7. The minimum absolute atomic E-state index is 0.187. The third-order valence-corrected chi connectivity index (χ3v) is 22.0. The Hall–Kier alpha value is -8.24. The highest BCUT2D eigenvalue weighted by Gasteiger charge is 2.38. The second kappa shape index (κ2) is 32.2. The number of nitrogens with zero attached hydrogens (tertiary/aromatic N) is 7. The quantitative estimate of drug-likeness (QED) is 0.0173. The summed E-state index contributed by atoms with van der Waals surface area (Å²) >= 11 is 0. The molecule has 2 aliphatic carbocycles. The van der Waals surface area contributed by atoms with Gasteiger partial charge in [-0.25, -0.2) is 44.0 Å². The fraction of sp³-hybridized carbons (Fsp3) is 0.389. The SMILES string of the molecule is C=C(C)C(=O)OC1CCN(S(=O)(=O)c2ccccc2-c2c3ccc(=[N+](CC)CC)cc-3oc3cc(N(CC)CC)ccc23)CC1.C=C(C)C(=O)ON1CCN(S(=O)(=O)c2ccccc2-c2c3ccc(=[N+](CC)CC)cc-3oc3cc(N(CC)CC)ccc23)CC1.O=S(=O)([O-])C(F)(F)F. The first-order chi connectivity index (χ1) is 46.5. The van der Waals surface area contributed by atoms with Gasteiger partial charge in [0.2, 0.25) is 30.8 Å². The van der Waals surface area contributed by atoms with Gasteiger partial charge >= 0.3 is 17.4 Å². The van der Waals surface area contributed by atoms with Gasteiger partial charge in [-0.2, -0.15) is 21.8 Å². The van der Waals surface area contributed by atoms with Crippen molar-refractivity contribution >= 4 is 75.4 Å². The van der Waals surface area contributed by atoms with E-state index in [1.807, 2.05) is 48.5 Å². The van der Waals surface area contributed by atoms with Crippen molar-refractivity contribution in [3.8, 4) is 44.9 Å². The number of carbonyl (C=O) groups is 2. The van der Waals surface area contributed by atoms with Crippen molar-refractivity contribution < 1.29 is 71.0 Å². The van der Waals surface area contributed by atoms with E-state index in [2.05, 4.69) is 136 Å². The summed E-state index contributed by atoms with van der Waals surface area (Å²) in [5, 5.41) is 5.29. The molecule has 98 heavy (non-hydrogen) atoms. The molecule has 10 rings (SSSR count). The van der Waals surface area contributed by atoms with Crippen molar-refractivity contribution in [2.45, 2.75) is 103 Å². The molecule has 0 N–H and O–H groups in total. The summed E-state index contributed by atoms with van der Waals surface area (Å²) < 4.78 is 142. The fourth-order valence-corrected chi connectivity index (χ4v) is 15.5. The standard InChI is InChI=1S/C36H44N3O5S.C35H43N4O5S.CHF3O3S/c1-7-37(8-2)26-15-17-29-32(23-26)44-33-24-27(38(9-3)10-4)16-18-30(33)35(29)31-13-11-12-14-34(31)45(41,42)39-21-19-28(20-22-39)43-36(40)25(5)6;1-7-36(8-2)26-15-17-28-31(23-26)43-32-24-27(37(9-3)10-4)16-18-29(32)34(28)30-13-11-12-14-33(30)45(41,42)39-21-19-38(20-22-39)44-35(40)25(5)6;2-1(3,4)8(5,6)7/h11-18,23-24,28H,5,7-10,19-22H2,1-4,6H3;11-18,23-24H,5,7-10,19-22H2,1-4,6H3;(H,5,6,7)/q2*+1;/p-1. The van der Waals surface area contributed by atoms with Crippen LogP contribution in [0.1, 0.15) is 82.1 Å². The number of ether oxygens (including phenoxy) is 1. The lowest BCUT2D eigenvalue weighted by molar-refractivity contribution is -0.190. The minimum atomic E-state index is -6.09. The number of piperazine rings is 1. The Morgan fingerprint density at radius 1 is 0.541 bits per heavy atom. The summed E-state index contributed by atoms with van der Waals surface area (Å²) in [7, 11) is -13.9. The van der Waals surface area contributed by atoms with Crippen LogP contribution in [0.4, 0.5) is 24.5 Å². The number of carbonyl (C=O) groups excluding carboxylic acids is 2. The third kappa shape index (κ3) is 16.7. The monoisotopic (exact) mass is 1410 g/mol. The van der Waals surface area contributed by atoms with E-state index in [0.29, 0.717) is 57.8 Å². The minimum Gasteiger partial charge on any atom is -0.741 e. The Kier molecular flexibility index (Phi) is 24.8. The second-order valence-corrected chi connectivity index (χ2v) is 28.7. The fourth-order valence-electron chi connectivity index (χ4n) is 12.2. The van der Waals surface area contributed by atoms with Crippen molar-refractivity contribution in [2.75, 3.05) is 101 Å². The first-order valence-electron chi connectivity index (χ1n) is 32.9. The van der Waals surface area contributed by atoms with Crippen LogP contribution in [0.15, 0.2) is 164 Å². The molecule has 20 nitrogen and oxygen atoms in total. The molecule has 0 amide bonds. The topological polar surface area (TPSA) is 227 Å². The predicted octanol–water partition coefficient (Wildman–Crippen LogP) is 11.4. The van der Waals surface area contributed by atoms with Crippen LogP contribution in [0.25, 0.3) is 66.8 Å². The van der Waals surface area contributed by atoms with Crippen LogP contribution in [-0.2, 0) is 49.3 Å². The summed E-state index contributed by atoms with van der Waals surface area (Å²) in [5.74, 6) is 0.436. The summed E-state index contributed by atoms with van der Waals surface area (Å²) in [4.78, 5) is 34.4. The van der Waals surface area contributed by atoms with Gasteiger partial charge in [0.15, 0.2) is 10.1 Å². The second-order valence-electron chi connectivity index (χ2n) is 23.5. The number of halogens is 3. The van der Waals surface area contributed by atoms with Crippen molar-refractivity contribution in [2.24, 2.45) is 0 Å². The maximum atomic E-state index is 14.3. The van der Waals surface area contributed by atoms with Gasteiger partial charge in [0, 0.05) is 156 Å². The molecule has 2 fully saturated rings. The molecule has 0 unspecified atom stereocenters. The van der Waals surface area contributed by atoms with Gasteiger partial charge in [-0.1, -0.05) is 49.6 Å². The van der Waals surface area contributed by atoms with E-state index >= 15 is 0 Å². The van der Waals surface area contributed by atoms with Gasteiger partial charge in [0.25, 0.3) is 0 Å². The number of anilines is 2. The van der Waals surface area contributed by atoms with E-state index in [9.17, 15) is 39.6 Å². The number of rotatable bonds is 20. The smallest absolute Gasteiger partial charge is 0.485 e. The molecule has 0 spiro atoms. The number of hydrogen-bond donors (Lipinski definition) is 0. The van der Waals surface area contributed by atoms with Crippen molar-refractivity contribution in [1.29, 1.82) is 0 Å². The predicted molar refractivity (Wildman–Crippen MR) is 376 cm³/mol.